The van der Waals surface area contributed by atoms with Gasteiger partial charge < -0.3 is 82.1 Å². The highest BCUT2D eigenvalue weighted by molar-refractivity contribution is 7.85. The highest BCUT2D eigenvalue weighted by Crippen LogP contribution is 2.40. The maximum Gasteiger partial charge on any atom is 0.472 e. The van der Waals surface area contributed by atoms with Crippen LogP contribution in [0.2, 0.25) is 0 Å². The van der Waals surface area contributed by atoms with Crippen LogP contribution < -0.4 is 42.0 Å². The minimum absolute atomic E-state index is 0.0129. The van der Waals surface area contributed by atoms with Crippen LogP contribution >= 0.6 is 7.82 Å². The minimum atomic E-state index is -5.12. The van der Waals surface area contributed by atoms with Crippen LogP contribution in [-0.2, 0) is 74.3 Å². The zero-order valence-corrected chi connectivity index (χ0v) is 43.5. The van der Waals surface area contributed by atoms with Crippen LogP contribution in [0, 0.1) is 17.8 Å². The molecule has 0 spiro atoms. The van der Waals surface area contributed by atoms with E-state index >= 15 is 4.21 Å². The van der Waals surface area contributed by atoms with Crippen molar-refractivity contribution in [1.82, 2.24) is 41.8 Å². The summed E-state index contributed by atoms with van der Waals surface area (Å²) in [5, 5.41) is 58.5. The fourth-order valence-corrected chi connectivity index (χ4v) is 10.4. The smallest absolute Gasteiger partial charge is 0.472 e. The summed E-state index contributed by atoms with van der Waals surface area (Å²) >= 11 is 0. The van der Waals surface area contributed by atoms with Crippen LogP contribution in [0.1, 0.15) is 71.8 Å². The lowest BCUT2D eigenvalue weighted by Crippen LogP contribution is -2.61. The SMILES string of the molecule is CCCC(=O)Nc1c(OCOP(=O)(O)O)ccc2c3c([nH]c12)S(=O)C[C@@H]1NC(=O)CNC(=O)[C@H]([C@@H](C)CC)NC(=O)CNC(=O)[C@H](C3)NC(=O)[C@H](C(C)C(O)CO)NC(=O)[C@@H]2C[C@@H](O)CN2C(=O)[C@H](CC(=O)O)CC1=O. The fourth-order valence-electron chi connectivity index (χ4n) is 8.83. The number of carbonyl (C=O) groups is 10. The molecule has 1 fully saturated rings. The lowest BCUT2D eigenvalue weighted by molar-refractivity contribution is -0.148. The van der Waals surface area contributed by atoms with Gasteiger partial charge in [-0.3, -0.25) is 52.2 Å². The zero-order chi connectivity index (χ0) is 56.3. The molecular weight excluding hydrogens is 1050 g/mol. The number of nitrogens with zero attached hydrogens (tertiary/aromatic N) is 1. The number of ketones is 1. The van der Waals surface area contributed by atoms with E-state index in [9.17, 15) is 82.7 Å². The number of anilines is 1. The summed E-state index contributed by atoms with van der Waals surface area (Å²) in [6, 6.07) is -6.14. The molecule has 5 rings (SSSR count). The van der Waals surface area contributed by atoms with Crippen molar-refractivity contribution in [1.29, 1.82) is 0 Å². The van der Waals surface area contributed by atoms with E-state index in [-0.39, 0.29) is 39.4 Å². The molecule has 3 aliphatic rings. The summed E-state index contributed by atoms with van der Waals surface area (Å²) in [5.74, 6) is -15.8. The molecule has 8 amide bonds. The third-order valence-corrected chi connectivity index (χ3v) is 15.0. The number of carbonyl (C=O) groups excluding carboxylic acids is 9. The summed E-state index contributed by atoms with van der Waals surface area (Å²) in [5.41, 5.74) is -0.496. The number of aliphatic hydroxyl groups is 3. The molecule has 3 unspecified atom stereocenters. The lowest BCUT2D eigenvalue weighted by atomic mass is 9.93. The summed E-state index contributed by atoms with van der Waals surface area (Å²) in [7, 11) is -7.73. The van der Waals surface area contributed by atoms with E-state index < -0.39 is 202 Å². The van der Waals surface area contributed by atoms with Gasteiger partial charge in [0.05, 0.1) is 72.4 Å². The van der Waals surface area contributed by atoms with Gasteiger partial charge in [-0.25, -0.2) is 9.09 Å². The second-order valence-corrected chi connectivity index (χ2v) is 21.4. The molecule has 14 N–H and O–H groups in total. The van der Waals surface area contributed by atoms with E-state index in [4.69, 9.17) is 4.74 Å². The molecule has 2 aromatic rings. The van der Waals surface area contributed by atoms with E-state index in [0.29, 0.717) is 12.8 Å². The minimum Gasteiger partial charge on any atom is -0.481 e. The molecule has 4 heterocycles. The first kappa shape index (κ1) is 60.5. The average molecular weight is 1110 g/mol. The number of Topliss-reactive ketones (excluding diaryl/α,β-unsaturated/α-hetero) is 1. The van der Waals surface area contributed by atoms with Crippen LogP contribution in [0.5, 0.6) is 5.75 Å². The van der Waals surface area contributed by atoms with Crippen LogP contribution in [0.4, 0.5) is 5.69 Å². The van der Waals surface area contributed by atoms with Gasteiger partial charge in [-0.05, 0) is 30.0 Å². The first-order valence-electron chi connectivity index (χ1n) is 24.2. The number of hydrogen-bond donors (Lipinski definition) is 14. The monoisotopic (exact) mass is 1110 g/mol. The average Bonchev–Trinajstić information content (AvgIpc) is 3.94. The highest BCUT2D eigenvalue weighted by Gasteiger charge is 2.45. The molecule has 1 aromatic heterocycles. The molecular formula is C45H64N9O20PS. The molecule has 3 aliphatic heterocycles. The predicted octanol–water partition coefficient (Wildman–Crippen LogP) is -3.75. The maximum atomic E-state index is 15.1. The number of amides is 8. The van der Waals surface area contributed by atoms with Crippen LogP contribution in [-0.4, -0.2) is 185 Å². The zero-order valence-electron chi connectivity index (χ0n) is 41.8. The number of carboxylic acids is 1. The molecule has 76 heavy (non-hydrogen) atoms. The molecule has 420 valence electrons. The maximum absolute atomic E-state index is 15.1. The van der Waals surface area contributed by atoms with Crippen molar-refractivity contribution in [2.45, 2.75) is 120 Å². The van der Waals surface area contributed by atoms with Gasteiger partial charge in [-0.15, -0.1) is 0 Å². The molecule has 1 aromatic carbocycles. The summed E-state index contributed by atoms with van der Waals surface area (Å²) < 4.78 is 36.7. The Kier molecular flexibility index (Phi) is 21.1. The third-order valence-electron chi connectivity index (χ3n) is 13.1. The number of H-pyrrole nitrogens is 1. The van der Waals surface area contributed by atoms with Gasteiger partial charge in [-0.1, -0.05) is 34.1 Å². The van der Waals surface area contributed by atoms with Gasteiger partial charge in [0.2, 0.25) is 47.3 Å². The van der Waals surface area contributed by atoms with E-state index in [2.05, 4.69) is 46.7 Å². The van der Waals surface area contributed by atoms with Crippen molar-refractivity contribution in [3.63, 3.8) is 0 Å². The summed E-state index contributed by atoms with van der Waals surface area (Å²) in [6.07, 6.45) is -5.85. The number of aromatic amines is 1. The van der Waals surface area contributed by atoms with Crippen molar-refractivity contribution in [2.75, 3.05) is 44.1 Å². The quantitative estimate of drug-likeness (QED) is 0.0638. The lowest BCUT2D eigenvalue weighted by Gasteiger charge is -2.32. The number of rotatable bonds is 14. The normalized spacial score (nSPS) is 26.1. The fraction of sp³-hybridized carbons (Fsp3) is 0.600. The second-order valence-electron chi connectivity index (χ2n) is 18.7. The molecule has 0 saturated carbocycles. The van der Waals surface area contributed by atoms with Gasteiger partial charge in [0.1, 0.15) is 40.6 Å². The Balaban J connectivity index is 1.83. The van der Waals surface area contributed by atoms with Crippen LogP contribution in [0.15, 0.2) is 17.2 Å². The van der Waals surface area contributed by atoms with Gasteiger partial charge in [0, 0.05) is 43.5 Å². The number of carboxylic acid groups (broad SMARTS) is 1. The molecule has 1 saturated heterocycles. The standard InChI is InChI=1S/C45H64N9O20PS/c1-5-7-32(59)50-39-31(73-19-74-75(69,70)71)9-8-24-25-13-26-40(64)46-15-34(61)51-36(20(3)6-2)42(66)47-14-33(60)48-27(18-76(72)44(25)53-38(24)39)29(57)10-22(11-35(62)63)45(68)54-16-23(56)12-28(54)41(65)52-37(43(67)49-26)21(4)30(58)17-55/h8-9,20-23,26-28,30,36-37,53,55-56,58H,5-7,10-19H2,1-4H3,(H,46,64)(H,47,66)(H,48,60)(H,49,67)(H,50,59)(H,51,61)(H,52,65)(H,62,63)(H2,69,70,71)/t20-,21?,22-,23+,26-,27-,28-,30?,36-,37-,76?/m0/s1. The number of benzene rings is 1. The number of phosphoric ester groups is 1. The van der Waals surface area contributed by atoms with Crippen molar-refractivity contribution in [3.8, 4) is 5.75 Å². The first-order valence-corrected chi connectivity index (χ1v) is 27.1. The summed E-state index contributed by atoms with van der Waals surface area (Å²) in [4.78, 5) is 161. The van der Waals surface area contributed by atoms with Gasteiger partial charge in [0.15, 0.2) is 12.6 Å². The first-order chi connectivity index (χ1) is 35.8. The number of ether oxygens (including phenoxy) is 1. The number of aliphatic hydroxyl groups excluding tert-OH is 3. The van der Waals surface area contributed by atoms with E-state index in [0.717, 1.165) is 4.90 Å². The van der Waals surface area contributed by atoms with Crippen LogP contribution in [0.3, 0.4) is 0 Å². The number of nitrogens with one attached hydrogen (secondary N) is 8. The predicted molar refractivity (Wildman–Crippen MR) is 262 cm³/mol. The molecule has 11 atom stereocenters. The van der Waals surface area contributed by atoms with Crippen LogP contribution in [0.25, 0.3) is 10.9 Å². The molecule has 0 radical (unpaired) electrons. The van der Waals surface area contributed by atoms with Crippen molar-refractivity contribution in [3.05, 3.63) is 17.7 Å². The van der Waals surface area contributed by atoms with Gasteiger partial charge in [0.25, 0.3) is 0 Å². The van der Waals surface area contributed by atoms with Crippen molar-refractivity contribution >= 4 is 94.2 Å². The Morgan fingerprint density at radius 3 is 2.20 bits per heavy atom. The Morgan fingerprint density at radius 1 is 0.895 bits per heavy atom. The Bertz CT molecular complexity index is 2650. The Labute approximate surface area is 436 Å². The van der Waals surface area contributed by atoms with E-state index in [1.54, 1.807) is 20.8 Å². The molecule has 0 aliphatic carbocycles. The molecule has 31 heteroatoms. The molecule has 2 bridgehead atoms. The number of hydrogen-bond acceptors (Lipinski definition) is 17. The summed E-state index contributed by atoms with van der Waals surface area (Å²) in [6.45, 7) is 1.93. The second kappa shape index (κ2) is 26.6. The van der Waals surface area contributed by atoms with Crippen molar-refractivity contribution < 1.29 is 96.2 Å². The van der Waals surface area contributed by atoms with Gasteiger partial charge >= 0.3 is 13.8 Å². The van der Waals surface area contributed by atoms with E-state index in [1.165, 1.54) is 19.1 Å². The number of aromatic nitrogens is 1. The number of aliphatic carboxylic acids is 1. The van der Waals surface area contributed by atoms with Crippen molar-refractivity contribution in [2.24, 2.45) is 17.8 Å². The number of fused-ring (bicyclic) bond motifs is 5. The van der Waals surface area contributed by atoms with Gasteiger partial charge in [-0.2, -0.15) is 0 Å². The Hall–Kier alpha value is -6.40. The van der Waals surface area contributed by atoms with E-state index in [1.807, 2.05) is 0 Å². The largest absolute Gasteiger partial charge is 0.481 e. The Morgan fingerprint density at radius 2 is 1.57 bits per heavy atom. The highest BCUT2D eigenvalue weighted by atomic mass is 32.2. The topological polar surface area (TPSA) is 448 Å². The third kappa shape index (κ3) is 15.6. The number of phosphoric acid groups is 1. The molecule has 29 nitrogen and oxygen atoms in total.